The normalized spacial score (nSPS) is 12.1. The van der Waals surface area contributed by atoms with E-state index in [2.05, 4.69) is 48.8 Å². The molecule has 37 heavy (non-hydrogen) atoms. The molecular weight excluding hydrogens is 518 g/mol. The van der Waals surface area contributed by atoms with Crippen LogP contribution >= 0.6 is 37.9 Å². The lowest BCUT2D eigenvalue weighted by molar-refractivity contribution is 0.297. The quantitative estimate of drug-likeness (QED) is 0.0755. The molecule has 0 amide bonds. The maximum Gasteiger partial charge on any atom is 0.269 e. The highest BCUT2D eigenvalue weighted by molar-refractivity contribution is 7.80. The van der Waals surface area contributed by atoms with Gasteiger partial charge in [0.1, 0.15) is 5.82 Å². The van der Waals surface area contributed by atoms with Crippen LogP contribution in [0.25, 0.3) is 0 Å². The molecule has 0 radical (unpaired) electrons. The molecule has 0 aliphatic rings. The first kappa shape index (κ1) is 31.4. The maximum absolute atomic E-state index is 13.5. The zero-order valence-corrected chi connectivity index (χ0v) is 24.1. The standard InChI is InChI=1S/C28H38BFN4S3/c30-24-8-6-23(7-9-24)28(33-26-10-12-27(37)13-11-26)21-25(32)5-3-1-2-4-16-34(18-20-36)17-14-29(22-31)15-19-35/h6-13,21,35-37H,1-5,14-20,32H2/b25-21-,33-28?. The van der Waals surface area contributed by atoms with Gasteiger partial charge in [0.15, 0.2) is 0 Å². The molecule has 0 saturated carbocycles. The Morgan fingerprint density at radius 3 is 2.30 bits per heavy atom. The van der Waals surface area contributed by atoms with Gasteiger partial charge in [0.2, 0.25) is 0 Å². The fraction of sp³-hybridized carbons (Fsp3) is 0.429. The molecule has 9 heteroatoms. The van der Waals surface area contributed by atoms with Gasteiger partial charge >= 0.3 is 0 Å². The van der Waals surface area contributed by atoms with Crippen molar-refractivity contribution >= 4 is 56.0 Å². The number of allylic oxidation sites excluding steroid dienone is 2. The summed E-state index contributed by atoms with van der Waals surface area (Å²) in [6.07, 6.45) is 8.75. The number of halogens is 1. The summed E-state index contributed by atoms with van der Waals surface area (Å²) in [6, 6.07) is 13.9. The molecule has 2 rings (SSSR count). The molecule has 4 nitrogen and oxygen atoms in total. The van der Waals surface area contributed by atoms with E-state index < -0.39 is 0 Å². The fourth-order valence-electron chi connectivity index (χ4n) is 3.98. The molecule has 0 aliphatic carbocycles. The SMILES string of the molecule is N#CB(CCS)CCN(CCS)CCCCCC/C(N)=C/C(=Nc1ccc(S)cc1)c1ccc(F)cc1. The van der Waals surface area contributed by atoms with E-state index in [1.165, 1.54) is 12.1 Å². The average molecular weight is 557 g/mol. The van der Waals surface area contributed by atoms with E-state index in [1.807, 2.05) is 30.3 Å². The van der Waals surface area contributed by atoms with Crippen LogP contribution in [0, 0.1) is 17.0 Å². The topological polar surface area (TPSA) is 65.4 Å². The van der Waals surface area contributed by atoms with Crippen molar-refractivity contribution in [2.45, 2.75) is 49.6 Å². The maximum atomic E-state index is 13.5. The van der Waals surface area contributed by atoms with E-state index in [4.69, 9.17) is 10.7 Å². The van der Waals surface area contributed by atoms with Crippen LogP contribution in [-0.2, 0) is 0 Å². The molecule has 0 aliphatic heterocycles. The van der Waals surface area contributed by atoms with Gasteiger partial charge in [-0.3, -0.25) is 0 Å². The van der Waals surface area contributed by atoms with Crippen LogP contribution in [0.1, 0.15) is 37.7 Å². The van der Waals surface area contributed by atoms with Crippen LogP contribution in [0.4, 0.5) is 10.1 Å². The number of nitrogens with two attached hydrogens (primary N) is 1. The number of aliphatic imine (C=N–C) groups is 1. The predicted molar refractivity (Wildman–Crippen MR) is 167 cm³/mol. The highest BCUT2D eigenvalue weighted by atomic mass is 32.1. The second-order valence-electron chi connectivity index (χ2n) is 9.10. The van der Waals surface area contributed by atoms with E-state index in [9.17, 15) is 9.65 Å². The highest BCUT2D eigenvalue weighted by Crippen LogP contribution is 2.19. The van der Waals surface area contributed by atoms with Gasteiger partial charge in [-0.2, -0.15) is 25.3 Å². The third-order valence-electron chi connectivity index (χ3n) is 6.12. The molecule has 0 heterocycles. The lowest BCUT2D eigenvalue weighted by atomic mass is 9.47. The van der Waals surface area contributed by atoms with Crippen LogP contribution in [0.5, 0.6) is 0 Å². The lowest BCUT2D eigenvalue weighted by Gasteiger charge is -2.22. The smallest absolute Gasteiger partial charge is 0.269 e. The molecule has 2 N–H and O–H groups in total. The van der Waals surface area contributed by atoms with Crippen LogP contribution in [0.3, 0.4) is 0 Å². The van der Waals surface area contributed by atoms with Crippen LogP contribution in [-0.4, -0.2) is 48.5 Å². The summed E-state index contributed by atoms with van der Waals surface area (Å²) in [5.74, 6) is 3.69. The number of thiol groups is 3. The summed E-state index contributed by atoms with van der Waals surface area (Å²) >= 11 is 13.0. The average Bonchev–Trinajstić information content (AvgIpc) is 2.89. The van der Waals surface area contributed by atoms with Crippen LogP contribution in [0.2, 0.25) is 12.6 Å². The van der Waals surface area contributed by atoms with Crippen molar-refractivity contribution in [3.05, 3.63) is 71.7 Å². The van der Waals surface area contributed by atoms with Crippen molar-refractivity contribution in [3.8, 4) is 5.97 Å². The number of unbranched alkanes of at least 4 members (excludes halogenated alkanes) is 3. The largest absolute Gasteiger partial charge is 0.402 e. The van der Waals surface area contributed by atoms with E-state index in [0.29, 0.717) is 5.71 Å². The molecule has 0 aromatic heterocycles. The molecule has 0 fully saturated rings. The Balaban J connectivity index is 1.86. The molecule has 2 aromatic carbocycles. The Morgan fingerprint density at radius 2 is 1.65 bits per heavy atom. The second-order valence-corrected chi connectivity index (χ2v) is 10.5. The molecule has 0 bridgehead atoms. The summed E-state index contributed by atoms with van der Waals surface area (Å²) < 4.78 is 13.5. The molecule has 198 valence electrons. The number of benzene rings is 2. The zero-order valence-electron chi connectivity index (χ0n) is 21.4. The molecule has 0 saturated heterocycles. The molecular formula is C28H38BFN4S3. The first-order valence-corrected chi connectivity index (χ1v) is 14.6. The van der Waals surface area contributed by atoms with Gasteiger partial charge < -0.3 is 10.6 Å². The number of rotatable bonds is 17. The van der Waals surface area contributed by atoms with Gasteiger partial charge in [0, 0.05) is 34.4 Å². The fourth-order valence-corrected chi connectivity index (χ4v) is 4.72. The third-order valence-corrected chi connectivity index (χ3v) is 6.88. The van der Waals surface area contributed by atoms with Gasteiger partial charge in [0.05, 0.1) is 11.4 Å². The van der Waals surface area contributed by atoms with Gasteiger partial charge in [-0.05, 0) is 99.0 Å². The van der Waals surface area contributed by atoms with Gasteiger partial charge in [-0.25, -0.2) is 14.6 Å². The molecule has 0 unspecified atom stereocenters. The van der Waals surface area contributed by atoms with Gasteiger partial charge in [-0.15, -0.1) is 12.6 Å². The van der Waals surface area contributed by atoms with E-state index in [1.54, 1.807) is 12.1 Å². The summed E-state index contributed by atoms with van der Waals surface area (Å²) in [4.78, 5) is 8.03. The lowest BCUT2D eigenvalue weighted by Crippen LogP contribution is -2.30. The van der Waals surface area contributed by atoms with Crippen molar-refractivity contribution in [1.29, 1.82) is 5.26 Å². The monoisotopic (exact) mass is 556 g/mol. The summed E-state index contributed by atoms with van der Waals surface area (Å²) in [6.45, 7) is 2.99. The minimum absolute atomic E-state index is 0.0837. The van der Waals surface area contributed by atoms with Gasteiger partial charge in [0.25, 0.3) is 6.71 Å². The summed E-state index contributed by atoms with van der Waals surface area (Å²) in [7, 11) is 0. The van der Waals surface area contributed by atoms with Crippen molar-refractivity contribution in [2.75, 3.05) is 31.1 Å². The number of hydrogen-bond acceptors (Lipinski definition) is 7. The van der Waals surface area contributed by atoms with E-state index >= 15 is 0 Å². The summed E-state index contributed by atoms with van der Waals surface area (Å²) in [5, 5.41) is 9.27. The van der Waals surface area contributed by atoms with E-state index in [0.717, 1.165) is 97.7 Å². The Bertz CT molecular complexity index is 1020. The van der Waals surface area contributed by atoms with Crippen molar-refractivity contribution in [2.24, 2.45) is 10.7 Å². The Kier molecular flexibility index (Phi) is 15.6. The molecule has 0 atom stereocenters. The second kappa shape index (κ2) is 18.4. The predicted octanol–water partition coefficient (Wildman–Crippen LogP) is 6.75. The minimum Gasteiger partial charge on any atom is -0.402 e. The molecule has 2 aromatic rings. The number of hydrogen-bond donors (Lipinski definition) is 4. The third kappa shape index (κ3) is 13.0. The van der Waals surface area contributed by atoms with Crippen LogP contribution in [0.15, 0.2) is 70.2 Å². The Labute approximate surface area is 238 Å². The number of nitrogens with zero attached hydrogens (tertiary/aromatic N) is 3. The van der Waals surface area contributed by atoms with Crippen molar-refractivity contribution in [3.63, 3.8) is 0 Å². The minimum atomic E-state index is -0.282. The first-order chi connectivity index (χ1) is 17.9. The van der Waals surface area contributed by atoms with Gasteiger partial charge in [-0.1, -0.05) is 19.2 Å². The van der Waals surface area contributed by atoms with Crippen LogP contribution < -0.4 is 5.73 Å². The van der Waals surface area contributed by atoms with Crippen molar-refractivity contribution < 1.29 is 4.39 Å². The highest BCUT2D eigenvalue weighted by Gasteiger charge is 2.14. The van der Waals surface area contributed by atoms with Crippen molar-refractivity contribution in [1.82, 2.24) is 4.90 Å². The Morgan fingerprint density at radius 1 is 0.946 bits per heavy atom. The first-order valence-electron chi connectivity index (χ1n) is 12.9. The number of nitriles is 1. The van der Waals surface area contributed by atoms with E-state index in [-0.39, 0.29) is 12.5 Å². The Hall–Kier alpha value is -1.86. The molecule has 0 spiro atoms. The zero-order chi connectivity index (χ0) is 26.9. The summed E-state index contributed by atoms with van der Waals surface area (Å²) in [5.41, 5.74) is 9.45.